The number of rotatable bonds is 6. The van der Waals surface area contributed by atoms with Crippen LogP contribution in [-0.2, 0) is 28.1 Å². The predicted molar refractivity (Wildman–Crippen MR) is 180 cm³/mol. The van der Waals surface area contributed by atoms with E-state index in [9.17, 15) is 0 Å². The Balaban J connectivity index is 0.00000324. The smallest absolute Gasteiger partial charge is 0.502 e. The van der Waals surface area contributed by atoms with Gasteiger partial charge in [0.05, 0.1) is 11.4 Å². The van der Waals surface area contributed by atoms with Crippen LogP contribution in [0.15, 0.2) is 137 Å². The van der Waals surface area contributed by atoms with Gasteiger partial charge in [-0.05, 0) is 47.2 Å². The Labute approximate surface area is 283 Å². The van der Waals surface area contributed by atoms with Crippen molar-refractivity contribution in [2.75, 3.05) is 4.90 Å². The van der Waals surface area contributed by atoms with Crippen molar-refractivity contribution in [2.24, 2.45) is 7.05 Å². The number of benzene rings is 5. The molecule has 4 aromatic heterocycles. The molecular formula is C39H24N4O3Pt. The molecule has 8 heteroatoms. The number of para-hydroxylation sites is 3. The molecule has 0 amide bonds. The number of aryl methyl sites for hydroxylation is 1. The van der Waals surface area contributed by atoms with Gasteiger partial charge in [0.1, 0.15) is 17.0 Å². The summed E-state index contributed by atoms with van der Waals surface area (Å²) in [7, 11) is 1.95. The van der Waals surface area contributed by atoms with Gasteiger partial charge >= 0.3 is 21.1 Å². The van der Waals surface area contributed by atoms with Gasteiger partial charge in [-0.3, -0.25) is 4.98 Å². The summed E-state index contributed by atoms with van der Waals surface area (Å²) in [4.78, 5) is 11.3. The van der Waals surface area contributed by atoms with E-state index in [2.05, 4.69) is 22.1 Å². The van der Waals surface area contributed by atoms with Crippen molar-refractivity contribution < 1.29 is 34.6 Å². The van der Waals surface area contributed by atoms with Gasteiger partial charge < -0.3 is 23.0 Å². The van der Waals surface area contributed by atoms with Gasteiger partial charge in [0, 0.05) is 53.8 Å². The van der Waals surface area contributed by atoms with Gasteiger partial charge in [-0.25, -0.2) is 4.98 Å². The van der Waals surface area contributed by atoms with Crippen molar-refractivity contribution in [1.82, 2.24) is 14.5 Å². The summed E-state index contributed by atoms with van der Waals surface area (Å²) in [6, 6.07) is 42.9. The Morgan fingerprint density at radius 2 is 1.45 bits per heavy atom. The quantitative estimate of drug-likeness (QED) is 0.156. The molecule has 0 saturated heterocycles. The van der Waals surface area contributed by atoms with Gasteiger partial charge in [-0.15, -0.1) is 12.1 Å². The summed E-state index contributed by atoms with van der Waals surface area (Å²) >= 11 is 0. The van der Waals surface area contributed by atoms with Crippen molar-refractivity contribution in [2.45, 2.75) is 0 Å². The van der Waals surface area contributed by atoms with Gasteiger partial charge in [-0.1, -0.05) is 89.4 Å². The van der Waals surface area contributed by atoms with Gasteiger partial charge in [0.25, 0.3) is 0 Å². The molecule has 228 valence electrons. The first-order chi connectivity index (χ1) is 22.7. The maximum atomic E-state index is 6.83. The van der Waals surface area contributed by atoms with Crippen LogP contribution in [0.2, 0.25) is 0 Å². The number of imidazole rings is 1. The van der Waals surface area contributed by atoms with Crippen molar-refractivity contribution >= 4 is 61.1 Å². The molecule has 9 rings (SSSR count). The molecule has 0 aliphatic carbocycles. The zero-order chi connectivity index (χ0) is 30.6. The van der Waals surface area contributed by atoms with E-state index in [1.807, 2.05) is 132 Å². The van der Waals surface area contributed by atoms with Crippen LogP contribution in [0, 0.1) is 12.1 Å². The zero-order valence-electron chi connectivity index (χ0n) is 25.0. The summed E-state index contributed by atoms with van der Waals surface area (Å²) in [6.45, 7) is 0. The number of pyridine rings is 1. The van der Waals surface area contributed by atoms with Crippen molar-refractivity contribution in [3.63, 3.8) is 0 Å². The van der Waals surface area contributed by atoms with E-state index in [-0.39, 0.29) is 21.1 Å². The second-order valence-electron chi connectivity index (χ2n) is 11.0. The Morgan fingerprint density at radius 3 is 2.21 bits per heavy atom. The number of furan rings is 2. The molecule has 0 fully saturated rings. The number of anilines is 3. The van der Waals surface area contributed by atoms with E-state index in [4.69, 9.17) is 13.6 Å². The third-order valence-corrected chi connectivity index (χ3v) is 8.13. The molecule has 0 atom stereocenters. The van der Waals surface area contributed by atoms with Gasteiger partial charge in [-0.2, -0.15) is 0 Å². The molecule has 7 nitrogen and oxygen atoms in total. The minimum atomic E-state index is 0. The van der Waals surface area contributed by atoms with E-state index in [0.717, 1.165) is 50.0 Å². The average molecular weight is 792 g/mol. The van der Waals surface area contributed by atoms with E-state index < -0.39 is 0 Å². The van der Waals surface area contributed by atoms with E-state index in [1.54, 1.807) is 12.4 Å². The molecule has 0 radical (unpaired) electrons. The van der Waals surface area contributed by atoms with Gasteiger partial charge in [0.15, 0.2) is 0 Å². The van der Waals surface area contributed by atoms with Crippen molar-refractivity contribution in [3.05, 3.63) is 140 Å². The summed E-state index contributed by atoms with van der Waals surface area (Å²) in [5.74, 6) is 2.46. The summed E-state index contributed by atoms with van der Waals surface area (Å²) in [5, 5.41) is 3.64. The second kappa shape index (κ2) is 11.6. The second-order valence-corrected chi connectivity index (χ2v) is 11.0. The summed E-state index contributed by atoms with van der Waals surface area (Å²) < 4.78 is 21.6. The first kappa shape index (κ1) is 28.8. The van der Waals surface area contributed by atoms with E-state index in [1.165, 1.54) is 0 Å². The van der Waals surface area contributed by atoms with Crippen LogP contribution in [0.5, 0.6) is 11.5 Å². The molecule has 9 aromatic rings. The number of ether oxygens (including phenoxy) is 1. The minimum absolute atomic E-state index is 0. The van der Waals surface area contributed by atoms with Crippen LogP contribution in [0.25, 0.3) is 55.3 Å². The topological polar surface area (TPSA) is 69.5 Å². The molecule has 0 unspecified atom stereocenters. The van der Waals surface area contributed by atoms with Crippen LogP contribution in [0.1, 0.15) is 0 Å². The maximum absolute atomic E-state index is 6.83. The number of aromatic nitrogens is 3. The zero-order valence-corrected chi connectivity index (χ0v) is 27.2. The van der Waals surface area contributed by atoms with E-state index in [0.29, 0.717) is 33.9 Å². The standard InChI is InChI=1S/C39H24N4O3.Pt/c1-42-20-19-41-39(42)31-24-27(23-30-28-13-5-7-15-32(28)46-38(30)31)44-34-21-26(22-35-37(34)29-14-6-8-16-33(29)45-35)43(25-11-3-2-4-12-25)36-17-9-10-18-40-36;/h2-20,22-23H,1H3;/q-2;+2. The Kier molecular flexibility index (Phi) is 7.11. The van der Waals surface area contributed by atoms with Crippen LogP contribution >= 0.6 is 0 Å². The van der Waals surface area contributed by atoms with Crippen molar-refractivity contribution in [1.29, 1.82) is 0 Å². The molecule has 0 aliphatic rings. The first-order valence-corrected chi connectivity index (χ1v) is 14.9. The molecule has 47 heavy (non-hydrogen) atoms. The third-order valence-electron chi connectivity index (χ3n) is 8.13. The maximum Gasteiger partial charge on any atom is 2.00 e. The molecule has 0 aliphatic heterocycles. The van der Waals surface area contributed by atoms with E-state index >= 15 is 0 Å². The summed E-state index contributed by atoms with van der Waals surface area (Å²) in [6.07, 6.45) is 5.44. The fourth-order valence-electron chi connectivity index (χ4n) is 6.06. The van der Waals surface area contributed by atoms with Crippen LogP contribution in [0.3, 0.4) is 0 Å². The normalized spacial score (nSPS) is 11.3. The monoisotopic (exact) mass is 791 g/mol. The predicted octanol–water partition coefficient (Wildman–Crippen LogP) is 10.1. The molecule has 0 N–H and O–H groups in total. The number of hydrogen-bond acceptors (Lipinski definition) is 6. The molecule has 0 spiro atoms. The van der Waals surface area contributed by atoms with Crippen molar-refractivity contribution in [3.8, 4) is 22.9 Å². The molecule has 5 aromatic carbocycles. The Morgan fingerprint density at radius 1 is 0.702 bits per heavy atom. The fourth-order valence-corrected chi connectivity index (χ4v) is 6.06. The number of hydrogen-bond donors (Lipinski definition) is 0. The largest absolute Gasteiger partial charge is 2.00 e. The van der Waals surface area contributed by atoms with Gasteiger partial charge in [0.2, 0.25) is 0 Å². The Hall–Kier alpha value is -5.65. The Bertz CT molecular complexity index is 2500. The summed E-state index contributed by atoms with van der Waals surface area (Å²) in [5.41, 5.74) is 5.25. The average Bonchev–Trinajstić information content (AvgIpc) is 3.80. The van der Waals surface area contributed by atoms with Crippen LogP contribution in [0.4, 0.5) is 17.2 Å². The molecule has 0 bridgehead atoms. The van der Waals surface area contributed by atoms with Crippen LogP contribution < -0.4 is 9.64 Å². The first-order valence-electron chi connectivity index (χ1n) is 14.9. The minimum Gasteiger partial charge on any atom is -0.502 e. The SMILES string of the molecule is Cn1ccnc1-c1[c-]c(Oc2[c-]c(N(c3ccccc3)c3ccccn3)cc3oc4ccccc4c23)cc2c1oc1ccccc12.[Pt+2]. The fraction of sp³-hybridized carbons (Fsp3) is 0.0256. The third kappa shape index (κ3) is 4.87. The molecule has 0 saturated carbocycles. The molecule has 4 heterocycles. The van der Waals surface area contributed by atoms with Crippen LogP contribution in [-0.4, -0.2) is 14.5 Å². The number of nitrogens with zero attached hydrogens (tertiary/aromatic N) is 4. The number of fused-ring (bicyclic) bond motifs is 6. The molecular weight excluding hydrogens is 768 g/mol.